The summed E-state index contributed by atoms with van der Waals surface area (Å²) in [4.78, 5) is 9.28. The van der Waals surface area contributed by atoms with Crippen molar-refractivity contribution in [2.75, 3.05) is 6.61 Å². The molecule has 0 heterocycles. The number of carboxylic acid groups (broad SMARTS) is 1. The van der Waals surface area contributed by atoms with Crippen molar-refractivity contribution in [3.05, 3.63) is 0 Å². The van der Waals surface area contributed by atoms with Gasteiger partial charge in [0.1, 0.15) is 6.61 Å². The molecule has 42 valence electrons. The van der Waals surface area contributed by atoms with E-state index in [1.165, 1.54) is 0 Å². The van der Waals surface area contributed by atoms with Gasteiger partial charge in [0.25, 0.3) is 0 Å². The molecule has 0 saturated heterocycles. The standard InChI is InChI=1S/C2H3ClO3.Al.Na.3H/c3-6-1-2(4)5;;;;;/h1H2,(H,4,5);;;;;/q;;+1;;;/p-1. The van der Waals surface area contributed by atoms with Crippen LogP contribution in [0, 0.1) is 0 Å². The number of halogens is 1. The van der Waals surface area contributed by atoms with Gasteiger partial charge in [-0.25, -0.2) is 0 Å². The van der Waals surface area contributed by atoms with Crippen molar-refractivity contribution in [1.82, 2.24) is 0 Å². The van der Waals surface area contributed by atoms with Crippen LogP contribution in [-0.4, -0.2) is 29.9 Å². The van der Waals surface area contributed by atoms with Crippen LogP contribution >= 0.6 is 11.9 Å². The molecule has 0 aliphatic rings. The molecule has 0 radical (unpaired) electrons. The van der Waals surface area contributed by atoms with Crippen molar-refractivity contribution in [1.29, 1.82) is 0 Å². The summed E-state index contributed by atoms with van der Waals surface area (Å²) < 4.78 is 3.61. The van der Waals surface area contributed by atoms with Gasteiger partial charge in [-0.1, -0.05) is 0 Å². The maximum Gasteiger partial charge on any atom is 1.00 e. The molecule has 0 fully saturated rings. The second-order valence-corrected chi connectivity index (χ2v) is 0.844. The third-order valence-electron chi connectivity index (χ3n) is 0.172. The monoisotopic (exact) mass is 162 g/mol. The molecular weight excluding hydrogens is 157 g/mol. The summed E-state index contributed by atoms with van der Waals surface area (Å²) in [5, 5.41) is 9.28. The minimum atomic E-state index is -1.31. The van der Waals surface area contributed by atoms with Crippen molar-refractivity contribution >= 4 is 35.2 Å². The molecule has 0 rings (SSSR count). The van der Waals surface area contributed by atoms with E-state index in [1.807, 2.05) is 0 Å². The second kappa shape index (κ2) is 11.1. The number of aliphatic carboxylic acids is 1. The molecule has 0 saturated carbocycles. The van der Waals surface area contributed by atoms with E-state index in [0.29, 0.717) is 0 Å². The minimum Gasteiger partial charge on any atom is -0.548 e. The molecule has 8 heavy (non-hydrogen) atoms. The van der Waals surface area contributed by atoms with E-state index >= 15 is 0 Å². The summed E-state index contributed by atoms with van der Waals surface area (Å²) in [7, 11) is 0. The van der Waals surface area contributed by atoms with Gasteiger partial charge in [0.05, 0.1) is 17.8 Å². The molecule has 0 aliphatic carbocycles. The van der Waals surface area contributed by atoms with Gasteiger partial charge in [0, 0.05) is 0 Å². The molecular formula is C2H5AlClNaO3. The average Bonchev–Trinajstić information content (AvgIpc) is 1.35. The van der Waals surface area contributed by atoms with Gasteiger partial charge in [0.15, 0.2) is 17.4 Å². The Morgan fingerprint density at radius 2 is 2.12 bits per heavy atom. The Morgan fingerprint density at radius 3 is 2.12 bits per heavy atom. The van der Waals surface area contributed by atoms with Crippen molar-refractivity contribution < 1.29 is 43.7 Å². The summed E-state index contributed by atoms with van der Waals surface area (Å²) in [5.41, 5.74) is 0. The topological polar surface area (TPSA) is 49.4 Å². The number of carboxylic acids is 1. The van der Waals surface area contributed by atoms with E-state index in [4.69, 9.17) is 0 Å². The molecule has 0 aromatic rings. The fraction of sp³-hybridized carbons (Fsp3) is 0.500. The fourth-order valence-electron chi connectivity index (χ4n) is 0.0445. The summed E-state index contributed by atoms with van der Waals surface area (Å²) in [6.07, 6.45) is 0. The van der Waals surface area contributed by atoms with E-state index in [2.05, 4.69) is 16.2 Å². The van der Waals surface area contributed by atoms with Gasteiger partial charge >= 0.3 is 29.6 Å². The molecule has 0 bridgehead atoms. The maximum atomic E-state index is 9.28. The molecule has 0 N–H and O–H groups in total. The Balaban J connectivity index is -0.000000125. The van der Waals surface area contributed by atoms with Crippen molar-refractivity contribution in [2.24, 2.45) is 0 Å². The predicted octanol–water partition coefficient (Wildman–Crippen LogP) is -5.27. The van der Waals surface area contributed by atoms with Gasteiger partial charge in [-0.05, 0) is 0 Å². The first-order chi connectivity index (χ1) is 2.77. The quantitative estimate of drug-likeness (QED) is 0.381. The number of carbonyl (C=O) groups is 1. The first kappa shape index (κ1) is 16.1. The average molecular weight is 162 g/mol. The number of hydrogen-bond acceptors (Lipinski definition) is 3. The van der Waals surface area contributed by atoms with Crippen molar-refractivity contribution in [3.63, 3.8) is 0 Å². The van der Waals surface area contributed by atoms with Crippen LogP contribution in [0.3, 0.4) is 0 Å². The van der Waals surface area contributed by atoms with Gasteiger partial charge in [0.2, 0.25) is 0 Å². The summed E-state index contributed by atoms with van der Waals surface area (Å²) in [5.74, 6) is -1.31. The molecule has 0 amide bonds. The van der Waals surface area contributed by atoms with E-state index < -0.39 is 12.6 Å². The third kappa shape index (κ3) is 15.7. The Labute approximate surface area is 84.9 Å². The number of carbonyl (C=O) groups excluding carboxylic acids is 1. The first-order valence-electron chi connectivity index (χ1n) is 1.20. The van der Waals surface area contributed by atoms with Crippen LogP contribution in [0.25, 0.3) is 0 Å². The smallest absolute Gasteiger partial charge is 0.548 e. The predicted molar refractivity (Wildman–Crippen MR) is 26.8 cm³/mol. The van der Waals surface area contributed by atoms with Crippen LogP contribution in [0.15, 0.2) is 0 Å². The zero-order chi connectivity index (χ0) is 4.99. The summed E-state index contributed by atoms with van der Waals surface area (Å²) in [6, 6.07) is 0. The van der Waals surface area contributed by atoms with Crippen LogP contribution in [0.4, 0.5) is 0 Å². The zero-order valence-corrected chi connectivity index (χ0v) is 6.57. The summed E-state index contributed by atoms with van der Waals surface area (Å²) >= 11 is 4.48. The Bertz CT molecular complexity index is 61.2. The molecule has 0 aromatic heterocycles. The van der Waals surface area contributed by atoms with Gasteiger partial charge in [-0.2, -0.15) is 0 Å². The Kier molecular flexibility index (Phi) is 22.4. The van der Waals surface area contributed by atoms with Crippen LogP contribution in [-0.2, 0) is 9.08 Å². The number of rotatable bonds is 2. The second-order valence-electron chi connectivity index (χ2n) is 0.625. The molecule has 0 unspecified atom stereocenters. The summed E-state index contributed by atoms with van der Waals surface area (Å²) in [6.45, 7) is -0.554. The minimum absolute atomic E-state index is 0. The molecule has 0 aliphatic heterocycles. The maximum absolute atomic E-state index is 9.28. The van der Waals surface area contributed by atoms with Gasteiger partial charge < -0.3 is 9.90 Å². The largest absolute Gasteiger partial charge is 1.00 e. The normalized spacial score (nSPS) is 6.12. The van der Waals surface area contributed by atoms with E-state index in [0.717, 1.165) is 0 Å². The Morgan fingerprint density at radius 1 is 1.75 bits per heavy atom. The fourth-order valence-corrected chi connectivity index (χ4v) is 0.134. The van der Waals surface area contributed by atoms with Crippen LogP contribution in [0.5, 0.6) is 0 Å². The third-order valence-corrected chi connectivity index (χ3v) is 0.282. The van der Waals surface area contributed by atoms with Crippen LogP contribution < -0.4 is 34.7 Å². The molecule has 6 heteroatoms. The van der Waals surface area contributed by atoms with Crippen molar-refractivity contribution in [2.45, 2.75) is 0 Å². The van der Waals surface area contributed by atoms with Gasteiger partial charge in [-0.15, -0.1) is 0 Å². The van der Waals surface area contributed by atoms with Crippen LogP contribution in [0.1, 0.15) is 0 Å². The molecule has 3 nitrogen and oxygen atoms in total. The van der Waals surface area contributed by atoms with Gasteiger partial charge in [-0.3, -0.25) is 4.29 Å². The number of hydrogen-bond donors (Lipinski definition) is 0. The molecule has 0 atom stereocenters. The zero-order valence-electron chi connectivity index (χ0n) is 3.81. The van der Waals surface area contributed by atoms with E-state index in [1.54, 1.807) is 0 Å². The van der Waals surface area contributed by atoms with Crippen molar-refractivity contribution in [3.8, 4) is 0 Å². The first-order valence-corrected chi connectivity index (χ1v) is 1.51. The van der Waals surface area contributed by atoms with E-state index in [-0.39, 0.29) is 46.9 Å². The molecule has 0 aromatic carbocycles. The molecule has 0 spiro atoms. The van der Waals surface area contributed by atoms with E-state index in [9.17, 15) is 9.90 Å². The van der Waals surface area contributed by atoms with Crippen LogP contribution in [0.2, 0.25) is 0 Å². The Hall–Kier alpha value is 1.25. The SMILES string of the molecule is O=C([O-])COCl.[AlH3].[Na+].